The summed E-state index contributed by atoms with van der Waals surface area (Å²) in [7, 11) is 0. The van der Waals surface area contributed by atoms with E-state index in [1.807, 2.05) is 6.07 Å². The first kappa shape index (κ1) is 14.3. The average Bonchev–Trinajstić information content (AvgIpc) is 3.02. The second-order valence-electron chi connectivity index (χ2n) is 6.09. The highest BCUT2D eigenvalue weighted by Gasteiger charge is 2.37. The topological polar surface area (TPSA) is 23.5 Å². The number of likely N-dealkylation sites (tertiary alicyclic amines) is 1. The molecule has 1 saturated carbocycles. The maximum atomic E-state index is 13.2. The first-order chi connectivity index (χ1) is 9.65. The minimum absolute atomic E-state index is 0.141. The van der Waals surface area contributed by atoms with Gasteiger partial charge in [-0.1, -0.05) is 24.1 Å². The van der Waals surface area contributed by atoms with Gasteiger partial charge in [-0.2, -0.15) is 0 Å². The molecular weight excluding hydrogens is 277 g/mol. The second-order valence-corrected chi connectivity index (χ2v) is 6.50. The van der Waals surface area contributed by atoms with E-state index in [9.17, 15) is 9.50 Å². The van der Waals surface area contributed by atoms with Gasteiger partial charge in [0.15, 0.2) is 0 Å². The Morgan fingerprint density at radius 1 is 1.25 bits per heavy atom. The van der Waals surface area contributed by atoms with Crippen LogP contribution in [-0.4, -0.2) is 28.7 Å². The first-order valence-electron chi connectivity index (χ1n) is 7.51. The number of rotatable bonds is 3. The Morgan fingerprint density at radius 2 is 2.10 bits per heavy atom. The molecule has 0 aromatic heterocycles. The van der Waals surface area contributed by atoms with Gasteiger partial charge in [0.25, 0.3) is 0 Å². The lowest BCUT2D eigenvalue weighted by molar-refractivity contribution is 0.0719. The molecule has 1 aromatic rings. The fraction of sp³-hybridized carbons (Fsp3) is 0.625. The van der Waals surface area contributed by atoms with E-state index in [1.165, 1.54) is 12.5 Å². The van der Waals surface area contributed by atoms with Crippen molar-refractivity contribution in [3.05, 3.63) is 34.6 Å². The van der Waals surface area contributed by atoms with Crippen LogP contribution in [0.15, 0.2) is 18.2 Å². The summed E-state index contributed by atoms with van der Waals surface area (Å²) in [4.78, 5) is 2.43. The molecule has 2 fully saturated rings. The zero-order valence-corrected chi connectivity index (χ0v) is 12.3. The van der Waals surface area contributed by atoms with Gasteiger partial charge in [0.1, 0.15) is 5.82 Å². The summed E-state index contributed by atoms with van der Waals surface area (Å²) in [5.41, 5.74) is 1.05. The van der Waals surface area contributed by atoms with Crippen molar-refractivity contribution in [1.29, 1.82) is 0 Å². The highest BCUT2D eigenvalue weighted by Crippen LogP contribution is 2.36. The van der Waals surface area contributed by atoms with E-state index in [-0.39, 0.29) is 16.9 Å². The third-order valence-electron chi connectivity index (χ3n) is 4.81. The summed E-state index contributed by atoms with van der Waals surface area (Å²) >= 11 is 5.85. The summed E-state index contributed by atoms with van der Waals surface area (Å²) in [5, 5.41) is 10.3. The largest absolute Gasteiger partial charge is 0.393 e. The van der Waals surface area contributed by atoms with E-state index in [4.69, 9.17) is 11.6 Å². The predicted molar refractivity (Wildman–Crippen MR) is 78.2 cm³/mol. The molecule has 20 heavy (non-hydrogen) atoms. The van der Waals surface area contributed by atoms with Gasteiger partial charge < -0.3 is 5.11 Å². The van der Waals surface area contributed by atoms with Gasteiger partial charge in [-0.3, -0.25) is 4.90 Å². The SMILES string of the molecule is OC1CCCC1C1CCCN1Cc1ccc(F)c(Cl)c1. The number of aliphatic hydroxyl groups excluding tert-OH is 1. The highest BCUT2D eigenvalue weighted by atomic mass is 35.5. The Balaban J connectivity index is 1.70. The molecule has 0 bridgehead atoms. The number of benzene rings is 1. The van der Waals surface area contributed by atoms with Crippen LogP contribution in [0.4, 0.5) is 4.39 Å². The quantitative estimate of drug-likeness (QED) is 0.921. The molecular formula is C16H21ClFNO. The number of halogens is 2. The van der Waals surface area contributed by atoms with Crippen molar-refractivity contribution in [1.82, 2.24) is 4.90 Å². The van der Waals surface area contributed by atoms with E-state index >= 15 is 0 Å². The lowest BCUT2D eigenvalue weighted by Crippen LogP contribution is -2.38. The molecule has 110 valence electrons. The normalized spacial score (nSPS) is 31.1. The molecule has 1 aliphatic carbocycles. The molecule has 0 amide bonds. The van der Waals surface area contributed by atoms with Crippen molar-refractivity contribution < 1.29 is 9.50 Å². The minimum Gasteiger partial charge on any atom is -0.393 e. The van der Waals surface area contributed by atoms with E-state index < -0.39 is 0 Å². The van der Waals surface area contributed by atoms with Gasteiger partial charge in [-0.15, -0.1) is 0 Å². The third-order valence-corrected chi connectivity index (χ3v) is 5.10. The number of nitrogens with zero attached hydrogens (tertiary/aromatic N) is 1. The lowest BCUT2D eigenvalue weighted by atomic mass is 9.94. The highest BCUT2D eigenvalue weighted by molar-refractivity contribution is 6.30. The Kier molecular flexibility index (Phi) is 4.29. The Morgan fingerprint density at radius 3 is 2.80 bits per heavy atom. The fourth-order valence-electron chi connectivity index (χ4n) is 3.82. The fourth-order valence-corrected chi connectivity index (χ4v) is 4.03. The number of hydrogen-bond donors (Lipinski definition) is 1. The molecule has 0 radical (unpaired) electrons. The van der Waals surface area contributed by atoms with Crippen LogP contribution in [-0.2, 0) is 6.54 Å². The molecule has 1 saturated heterocycles. The van der Waals surface area contributed by atoms with Crippen LogP contribution < -0.4 is 0 Å². The molecule has 1 aromatic carbocycles. The van der Waals surface area contributed by atoms with Gasteiger partial charge in [0.2, 0.25) is 0 Å². The van der Waals surface area contributed by atoms with Crippen molar-refractivity contribution in [3.8, 4) is 0 Å². The molecule has 1 heterocycles. The Labute approximate surface area is 124 Å². The van der Waals surface area contributed by atoms with E-state index in [0.29, 0.717) is 12.0 Å². The van der Waals surface area contributed by atoms with E-state index in [2.05, 4.69) is 4.90 Å². The lowest BCUT2D eigenvalue weighted by Gasteiger charge is -2.31. The van der Waals surface area contributed by atoms with Gasteiger partial charge in [-0.05, 0) is 49.9 Å². The van der Waals surface area contributed by atoms with Crippen LogP contribution in [0.25, 0.3) is 0 Å². The van der Waals surface area contributed by atoms with Gasteiger partial charge in [0.05, 0.1) is 11.1 Å². The molecule has 3 unspecified atom stereocenters. The smallest absolute Gasteiger partial charge is 0.141 e. The molecule has 2 nitrogen and oxygen atoms in total. The molecule has 3 atom stereocenters. The number of aliphatic hydroxyl groups is 1. The zero-order chi connectivity index (χ0) is 14.1. The van der Waals surface area contributed by atoms with Crippen molar-refractivity contribution in [2.24, 2.45) is 5.92 Å². The van der Waals surface area contributed by atoms with Crippen LogP contribution >= 0.6 is 11.6 Å². The Hall–Kier alpha value is -0.640. The van der Waals surface area contributed by atoms with E-state index in [0.717, 1.165) is 44.3 Å². The van der Waals surface area contributed by atoms with Crippen molar-refractivity contribution in [3.63, 3.8) is 0 Å². The van der Waals surface area contributed by atoms with Crippen molar-refractivity contribution >= 4 is 11.6 Å². The van der Waals surface area contributed by atoms with Crippen molar-refractivity contribution in [2.75, 3.05) is 6.54 Å². The summed E-state index contributed by atoms with van der Waals surface area (Å²) in [6.45, 7) is 1.86. The average molecular weight is 298 g/mol. The molecule has 4 heteroatoms. The maximum absolute atomic E-state index is 13.2. The summed E-state index contributed by atoms with van der Waals surface area (Å²) in [6, 6.07) is 5.43. The first-order valence-corrected chi connectivity index (χ1v) is 7.89. The van der Waals surface area contributed by atoms with E-state index in [1.54, 1.807) is 6.07 Å². The van der Waals surface area contributed by atoms with Crippen LogP contribution in [0.2, 0.25) is 5.02 Å². The Bertz CT molecular complexity index is 482. The minimum atomic E-state index is -0.361. The second kappa shape index (κ2) is 6.00. The van der Waals surface area contributed by atoms with Crippen LogP contribution in [0, 0.1) is 11.7 Å². The molecule has 3 rings (SSSR count). The zero-order valence-electron chi connectivity index (χ0n) is 11.6. The van der Waals surface area contributed by atoms with Crippen molar-refractivity contribution in [2.45, 2.75) is 50.8 Å². The standard InChI is InChI=1S/C16H21ClFNO/c17-13-9-11(6-7-14(13)18)10-19-8-2-4-15(19)12-3-1-5-16(12)20/h6-7,9,12,15-16,20H,1-5,8,10H2. The predicted octanol–water partition coefficient (Wildman–Crippen LogP) is 3.60. The molecule has 0 spiro atoms. The third kappa shape index (κ3) is 2.85. The molecule has 1 N–H and O–H groups in total. The van der Waals surface area contributed by atoms with Crippen LogP contribution in [0.1, 0.15) is 37.7 Å². The number of hydrogen-bond acceptors (Lipinski definition) is 2. The van der Waals surface area contributed by atoms with Crippen LogP contribution in [0.5, 0.6) is 0 Å². The summed E-state index contributed by atoms with van der Waals surface area (Å²) < 4.78 is 13.2. The molecule has 2 aliphatic rings. The van der Waals surface area contributed by atoms with Gasteiger partial charge in [0, 0.05) is 18.5 Å². The summed E-state index contributed by atoms with van der Waals surface area (Å²) in [6.07, 6.45) is 5.42. The molecule has 1 aliphatic heterocycles. The monoisotopic (exact) mass is 297 g/mol. The van der Waals surface area contributed by atoms with Gasteiger partial charge in [-0.25, -0.2) is 4.39 Å². The van der Waals surface area contributed by atoms with Gasteiger partial charge >= 0.3 is 0 Å². The summed E-state index contributed by atoms with van der Waals surface area (Å²) in [5.74, 6) is 0.0491. The maximum Gasteiger partial charge on any atom is 0.141 e. The van der Waals surface area contributed by atoms with Crippen LogP contribution in [0.3, 0.4) is 0 Å².